The molecule has 0 saturated carbocycles. The second-order valence-electron chi connectivity index (χ2n) is 3.80. The molecule has 0 radical (unpaired) electrons. The Kier molecular flexibility index (Phi) is 6.32. The molecule has 2 N–H and O–H groups in total. The first kappa shape index (κ1) is 13.7. The van der Waals surface area contributed by atoms with Crippen LogP contribution in [0.25, 0.3) is 0 Å². The standard InChI is InChI=1S/C12H22N4O/c1-4-8-17-11-9-10(3)15-12(16-11)14-7-6-13-5-2/h9,13H,4-8H2,1-3H3,(H,14,15,16). The fraction of sp³-hybridized carbons (Fsp3) is 0.667. The number of aryl methyl sites for hydroxylation is 1. The van der Waals surface area contributed by atoms with Crippen LogP contribution < -0.4 is 15.4 Å². The Bertz CT molecular complexity index is 330. The van der Waals surface area contributed by atoms with Crippen LogP contribution >= 0.6 is 0 Å². The normalized spacial score (nSPS) is 10.3. The molecule has 0 aliphatic rings. The van der Waals surface area contributed by atoms with Gasteiger partial charge in [-0.2, -0.15) is 4.98 Å². The van der Waals surface area contributed by atoms with Crippen LogP contribution in [0.3, 0.4) is 0 Å². The maximum atomic E-state index is 5.50. The molecule has 0 atom stereocenters. The zero-order valence-electron chi connectivity index (χ0n) is 10.9. The molecule has 17 heavy (non-hydrogen) atoms. The van der Waals surface area contributed by atoms with Crippen molar-refractivity contribution in [1.82, 2.24) is 15.3 Å². The van der Waals surface area contributed by atoms with Crippen molar-refractivity contribution in [3.05, 3.63) is 11.8 Å². The van der Waals surface area contributed by atoms with E-state index in [1.165, 1.54) is 0 Å². The van der Waals surface area contributed by atoms with Gasteiger partial charge >= 0.3 is 0 Å². The highest BCUT2D eigenvalue weighted by Gasteiger charge is 2.02. The van der Waals surface area contributed by atoms with Gasteiger partial charge < -0.3 is 15.4 Å². The number of rotatable bonds is 8. The lowest BCUT2D eigenvalue weighted by atomic mass is 10.4. The Balaban J connectivity index is 2.50. The van der Waals surface area contributed by atoms with E-state index in [0.717, 1.165) is 31.7 Å². The average Bonchev–Trinajstić information content (AvgIpc) is 2.31. The van der Waals surface area contributed by atoms with E-state index in [2.05, 4.69) is 34.4 Å². The van der Waals surface area contributed by atoms with Gasteiger partial charge in [0, 0.05) is 24.8 Å². The minimum Gasteiger partial charge on any atom is -0.478 e. The summed E-state index contributed by atoms with van der Waals surface area (Å²) in [4.78, 5) is 8.61. The lowest BCUT2D eigenvalue weighted by Crippen LogP contribution is -2.22. The molecule has 0 bridgehead atoms. The van der Waals surface area contributed by atoms with Crippen LogP contribution in [0.5, 0.6) is 5.88 Å². The van der Waals surface area contributed by atoms with Gasteiger partial charge in [0.25, 0.3) is 0 Å². The molecule has 0 aliphatic carbocycles. The molecule has 5 nitrogen and oxygen atoms in total. The SMILES string of the molecule is CCCOc1cc(C)nc(NCCNCC)n1. The summed E-state index contributed by atoms with van der Waals surface area (Å²) < 4.78 is 5.50. The zero-order chi connectivity index (χ0) is 12.5. The van der Waals surface area contributed by atoms with Gasteiger partial charge in [-0.05, 0) is 19.9 Å². The second-order valence-corrected chi connectivity index (χ2v) is 3.80. The Morgan fingerprint density at radius 1 is 1.24 bits per heavy atom. The summed E-state index contributed by atoms with van der Waals surface area (Å²) >= 11 is 0. The van der Waals surface area contributed by atoms with E-state index in [1.54, 1.807) is 0 Å². The third-order valence-corrected chi connectivity index (χ3v) is 2.12. The molecule has 0 saturated heterocycles. The first-order chi connectivity index (χ1) is 8.26. The van der Waals surface area contributed by atoms with Gasteiger partial charge in [-0.3, -0.25) is 0 Å². The molecular formula is C12H22N4O. The summed E-state index contributed by atoms with van der Waals surface area (Å²) in [5.41, 5.74) is 0.914. The predicted octanol–water partition coefficient (Wildman–Crippen LogP) is 1.60. The summed E-state index contributed by atoms with van der Waals surface area (Å²) in [6, 6.07) is 1.85. The first-order valence-corrected chi connectivity index (χ1v) is 6.19. The van der Waals surface area contributed by atoms with Crippen LogP contribution in [-0.2, 0) is 0 Å². The first-order valence-electron chi connectivity index (χ1n) is 6.19. The maximum absolute atomic E-state index is 5.50. The Hall–Kier alpha value is -1.36. The molecule has 0 amide bonds. The van der Waals surface area contributed by atoms with Crippen LogP contribution in [0.15, 0.2) is 6.07 Å². The Morgan fingerprint density at radius 3 is 2.76 bits per heavy atom. The van der Waals surface area contributed by atoms with Crippen LogP contribution in [0.2, 0.25) is 0 Å². The fourth-order valence-corrected chi connectivity index (χ4v) is 1.34. The van der Waals surface area contributed by atoms with Crippen LogP contribution in [0.4, 0.5) is 5.95 Å². The highest BCUT2D eigenvalue weighted by atomic mass is 16.5. The second kappa shape index (κ2) is 7.84. The highest BCUT2D eigenvalue weighted by Crippen LogP contribution is 2.11. The predicted molar refractivity (Wildman–Crippen MR) is 69.6 cm³/mol. The van der Waals surface area contributed by atoms with Crippen LogP contribution in [0.1, 0.15) is 26.0 Å². The number of aromatic nitrogens is 2. The molecular weight excluding hydrogens is 216 g/mol. The molecule has 1 aromatic rings. The molecule has 5 heteroatoms. The Morgan fingerprint density at radius 2 is 2.06 bits per heavy atom. The van der Waals surface area contributed by atoms with Crippen molar-refractivity contribution >= 4 is 5.95 Å². The number of nitrogens with one attached hydrogen (secondary N) is 2. The van der Waals surface area contributed by atoms with E-state index in [-0.39, 0.29) is 0 Å². The third-order valence-electron chi connectivity index (χ3n) is 2.12. The van der Waals surface area contributed by atoms with Gasteiger partial charge in [0.15, 0.2) is 0 Å². The summed E-state index contributed by atoms with van der Waals surface area (Å²) in [6.07, 6.45) is 0.978. The van der Waals surface area contributed by atoms with Crippen molar-refractivity contribution in [2.45, 2.75) is 27.2 Å². The van der Waals surface area contributed by atoms with Crippen molar-refractivity contribution in [1.29, 1.82) is 0 Å². The summed E-state index contributed by atoms with van der Waals surface area (Å²) in [5, 5.41) is 6.41. The summed E-state index contributed by atoms with van der Waals surface area (Å²) in [6.45, 7) is 9.47. The van der Waals surface area contributed by atoms with E-state index in [4.69, 9.17) is 4.74 Å². The topological polar surface area (TPSA) is 59.1 Å². The molecule has 1 heterocycles. The number of likely N-dealkylation sites (N-methyl/N-ethyl adjacent to an activating group) is 1. The average molecular weight is 238 g/mol. The molecule has 1 rings (SSSR count). The van der Waals surface area contributed by atoms with E-state index in [0.29, 0.717) is 18.4 Å². The highest BCUT2D eigenvalue weighted by molar-refractivity contribution is 5.30. The largest absolute Gasteiger partial charge is 0.478 e. The lowest BCUT2D eigenvalue weighted by molar-refractivity contribution is 0.305. The lowest BCUT2D eigenvalue weighted by Gasteiger charge is -2.09. The number of ether oxygens (including phenoxy) is 1. The van der Waals surface area contributed by atoms with E-state index < -0.39 is 0 Å². The molecule has 0 spiro atoms. The third kappa shape index (κ3) is 5.49. The van der Waals surface area contributed by atoms with Gasteiger partial charge in [0.2, 0.25) is 11.8 Å². The number of nitrogens with zero attached hydrogens (tertiary/aromatic N) is 2. The van der Waals surface area contributed by atoms with Gasteiger partial charge in [-0.25, -0.2) is 4.98 Å². The van der Waals surface area contributed by atoms with Crippen molar-refractivity contribution in [2.24, 2.45) is 0 Å². The van der Waals surface area contributed by atoms with Crippen molar-refractivity contribution < 1.29 is 4.74 Å². The van der Waals surface area contributed by atoms with Gasteiger partial charge in [-0.15, -0.1) is 0 Å². The smallest absolute Gasteiger partial charge is 0.226 e. The van der Waals surface area contributed by atoms with Gasteiger partial charge in [0.05, 0.1) is 6.61 Å². The number of hydrogen-bond donors (Lipinski definition) is 2. The van der Waals surface area contributed by atoms with Crippen molar-refractivity contribution in [3.63, 3.8) is 0 Å². The minimum atomic E-state index is 0.633. The molecule has 1 aromatic heterocycles. The molecule has 96 valence electrons. The summed E-state index contributed by atoms with van der Waals surface area (Å²) in [7, 11) is 0. The molecule has 0 unspecified atom stereocenters. The van der Waals surface area contributed by atoms with Crippen LogP contribution in [0, 0.1) is 6.92 Å². The van der Waals surface area contributed by atoms with Gasteiger partial charge in [0.1, 0.15) is 0 Å². The monoisotopic (exact) mass is 238 g/mol. The fourth-order valence-electron chi connectivity index (χ4n) is 1.34. The number of hydrogen-bond acceptors (Lipinski definition) is 5. The molecule has 0 aliphatic heterocycles. The zero-order valence-corrected chi connectivity index (χ0v) is 10.9. The van der Waals surface area contributed by atoms with E-state index in [9.17, 15) is 0 Å². The number of anilines is 1. The van der Waals surface area contributed by atoms with Crippen LogP contribution in [-0.4, -0.2) is 36.2 Å². The van der Waals surface area contributed by atoms with E-state index >= 15 is 0 Å². The van der Waals surface area contributed by atoms with Crippen molar-refractivity contribution in [2.75, 3.05) is 31.6 Å². The minimum absolute atomic E-state index is 0.633. The maximum Gasteiger partial charge on any atom is 0.226 e. The molecule has 0 aromatic carbocycles. The van der Waals surface area contributed by atoms with E-state index in [1.807, 2.05) is 13.0 Å². The Labute approximate surface area is 103 Å². The quantitative estimate of drug-likeness (QED) is 0.674. The summed E-state index contributed by atoms with van der Waals surface area (Å²) in [5.74, 6) is 1.28. The van der Waals surface area contributed by atoms with Crippen molar-refractivity contribution in [3.8, 4) is 5.88 Å². The van der Waals surface area contributed by atoms with Gasteiger partial charge in [-0.1, -0.05) is 13.8 Å². The molecule has 0 fully saturated rings.